The lowest BCUT2D eigenvalue weighted by molar-refractivity contribution is -0.147. The van der Waals surface area contributed by atoms with E-state index < -0.39 is 17.7 Å². The summed E-state index contributed by atoms with van der Waals surface area (Å²) in [6.07, 6.45) is -0.500. The monoisotopic (exact) mass is 484 g/mol. The molecule has 2 heterocycles. The molecule has 2 aliphatic rings. The number of amides is 2. The molecular formula is C21H29BrN2O4S. The van der Waals surface area contributed by atoms with E-state index in [0.29, 0.717) is 18.8 Å². The average molecular weight is 485 g/mol. The molecule has 0 radical (unpaired) electrons. The number of hydrogen-bond acceptors (Lipinski definition) is 5. The van der Waals surface area contributed by atoms with E-state index in [1.165, 1.54) is 0 Å². The van der Waals surface area contributed by atoms with Crippen molar-refractivity contribution < 1.29 is 19.1 Å². The fourth-order valence-electron chi connectivity index (χ4n) is 3.72. The Morgan fingerprint density at radius 2 is 1.86 bits per heavy atom. The number of morpholine rings is 1. The molecule has 6 nitrogen and oxygen atoms in total. The Morgan fingerprint density at radius 1 is 1.21 bits per heavy atom. The van der Waals surface area contributed by atoms with Gasteiger partial charge in [-0.1, -0.05) is 28.1 Å². The van der Waals surface area contributed by atoms with E-state index in [0.717, 1.165) is 10.0 Å². The summed E-state index contributed by atoms with van der Waals surface area (Å²) >= 11 is 5.10. The molecule has 2 saturated heterocycles. The van der Waals surface area contributed by atoms with Crippen molar-refractivity contribution in [1.82, 2.24) is 9.80 Å². The summed E-state index contributed by atoms with van der Waals surface area (Å²) in [4.78, 5) is 30.0. The molecule has 0 aromatic heterocycles. The van der Waals surface area contributed by atoms with Crippen molar-refractivity contribution in [3.8, 4) is 0 Å². The molecule has 8 heteroatoms. The second kappa shape index (κ2) is 8.86. The van der Waals surface area contributed by atoms with Crippen molar-refractivity contribution in [1.29, 1.82) is 0 Å². The van der Waals surface area contributed by atoms with E-state index in [1.807, 2.05) is 63.8 Å². The topological polar surface area (TPSA) is 59.1 Å². The van der Waals surface area contributed by atoms with Gasteiger partial charge in [0.05, 0.1) is 12.2 Å². The first-order valence-corrected chi connectivity index (χ1v) is 11.7. The third kappa shape index (κ3) is 5.47. The first-order valence-electron chi connectivity index (χ1n) is 9.88. The van der Waals surface area contributed by atoms with Crippen LogP contribution in [0.5, 0.6) is 0 Å². The third-order valence-corrected chi connectivity index (χ3v) is 6.57. The minimum atomic E-state index is -0.637. The standard InChI is InChI=1S/C21H29BrN2O4S/c1-13-10-23(11-14(2)27-13)18(25)17-12-29-19(15-7-6-8-16(22)9-15)24(17)20(26)28-21(3,4)5/h6-9,13-14,17,19H,10-12H2,1-5H3/t13-,14+,17?,19?. The van der Waals surface area contributed by atoms with Crippen LogP contribution in [0.1, 0.15) is 45.6 Å². The van der Waals surface area contributed by atoms with Crippen LogP contribution in [0.4, 0.5) is 4.79 Å². The number of halogens is 1. The Kier molecular flexibility index (Phi) is 6.85. The van der Waals surface area contributed by atoms with E-state index in [4.69, 9.17) is 9.47 Å². The van der Waals surface area contributed by atoms with Crippen LogP contribution in [0.15, 0.2) is 28.7 Å². The normalized spacial score (nSPS) is 27.8. The summed E-state index contributed by atoms with van der Waals surface area (Å²) < 4.78 is 12.4. The van der Waals surface area contributed by atoms with Crippen LogP contribution < -0.4 is 0 Å². The maximum atomic E-state index is 13.4. The summed E-state index contributed by atoms with van der Waals surface area (Å²) in [6.45, 7) is 10.5. The largest absolute Gasteiger partial charge is 0.444 e. The molecule has 0 bridgehead atoms. The van der Waals surface area contributed by atoms with E-state index in [1.54, 1.807) is 16.7 Å². The Bertz CT molecular complexity index is 759. The predicted octanol–water partition coefficient (Wildman–Crippen LogP) is 4.44. The molecule has 1 aromatic rings. The van der Waals surface area contributed by atoms with Gasteiger partial charge in [-0.15, -0.1) is 11.8 Å². The number of rotatable bonds is 2. The highest BCUT2D eigenvalue weighted by Gasteiger charge is 2.46. The maximum Gasteiger partial charge on any atom is 0.412 e. The van der Waals surface area contributed by atoms with Crippen LogP contribution in [0, 0.1) is 0 Å². The first kappa shape index (κ1) is 22.4. The van der Waals surface area contributed by atoms with Gasteiger partial charge in [-0.05, 0) is 52.3 Å². The molecule has 2 aliphatic heterocycles. The maximum absolute atomic E-state index is 13.4. The summed E-state index contributed by atoms with van der Waals surface area (Å²) in [5, 5.41) is -0.271. The SMILES string of the molecule is C[C@@H]1CN(C(=O)C2CSC(c3cccc(Br)c3)N2C(=O)OC(C)(C)C)C[C@H](C)O1. The highest BCUT2D eigenvalue weighted by Crippen LogP contribution is 2.43. The highest BCUT2D eigenvalue weighted by atomic mass is 79.9. The molecule has 0 saturated carbocycles. The van der Waals surface area contributed by atoms with Crippen LogP contribution in [0.2, 0.25) is 0 Å². The Hall–Kier alpha value is -1.25. The van der Waals surface area contributed by atoms with Crippen molar-refractivity contribution in [3.63, 3.8) is 0 Å². The minimum Gasteiger partial charge on any atom is -0.444 e. The van der Waals surface area contributed by atoms with Crippen LogP contribution >= 0.6 is 27.7 Å². The van der Waals surface area contributed by atoms with Crippen LogP contribution in [-0.4, -0.2) is 64.5 Å². The van der Waals surface area contributed by atoms with Gasteiger partial charge in [-0.3, -0.25) is 9.69 Å². The summed E-state index contributed by atoms with van der Waals surface area (Å²) in [6, 6.07) is 7.29. The number of hydrogen-bond donors (Lipinski definition) is 0. The average Bonchev–Trinajstić information content (AvgIpc) is 3.04. The summed E-state index contributed by atoms with van der Waals surface area (Å²) in [5.74, 6) is 0.498. The molecular weight excluding hydrogens is 456 g/mol. The molecule has 3 rings (SSSR count). The van der Waals surface area contributed by atoms with Gasteiger partial charge in [0.2, 0.25) is 5.91 Å². The molecule has 2 amide bonds. The minimum absolute atomic E-state index is 0.0207. The second-order valence-electron chi connectivity index (χ2n) is 8.64. The quantitative estimate of drug-likeness (QED) is 0.620. The molecule has 0 N–H and O–H groups in total. The number of thioether (sulfide) groups is 1. The number of carbonyl (C=O) groups excluding carboxylic acids is 2. The fourth-order valence-corrected chi connectivity index (χ4v) is 5.54. The van der Waals surface area contributed by atoms with E-state index >= 15 is 0 Å². The van der Waals surface area contributed by atoms with Crippen molar-refractivity contribution in [2.75, 3.05) is 18.8 Å². The number of benzene rings is 1. The Morgan fingerprint density at radius 3 is 2.45 bits per heavy atom. The van der Waals surface area contributed by atoms with Gasteiger partial charge in [0.15, 0.2) is 0 Å². The number of carbonyl (C=O) groups is 2. The molecule has 0 spiro atoms. The molecule has 160 valence electrons. The van der Waals surface area contributed by atoms with Crippen LogP contribution in [0.25, 0.3) is 0 Å². The van der Waals surface area contributed by atoms with E-state index in [-0.39, 0.29) is 23.5 Å². The van der Waals surface area contributed by atoms with Crippen LogP contribution in [-0.2, 0) is 14.3 Å². The molecule has 2 unspecified atom stereocenters. The smallest absolute Gasteiger partial charge is 0.412 e. The zero-order valence-electron chi connectivity index (χ0n) is 17.6. The first-order chi connectivity index (χ1) is 13.5. The van der Waals surface area contributed by atoms with Crippen LogP contribution in [0.3, 0.4) is 0 Å². The zero-order chi connectivity index (χ0) is 21.3. The molecule has 1 aromatic carbocycles. The molecule has 0 aliphatic carbocycles. The lowest BCUT2D eigenvalue weighted by atomic mass is 10.1. The highest BCUT2D eigenvalue weighted by molar-refractivity contribution is 9.10. The molecule has 29 heavy (non-hydrogen) atoms. The fraction of sp³-hybridized carbons (Fsp3) is 0.619. The number of nitrogens with zero attached hydrogens (tertiary/aromatic N) is 2. The van der Waals surface area contributed by atoms with Gasteiger partial charge >= 0.3 is 6.09 Å². The van der Waals surface area contributed by atoms with Gasteiger partial charge in [0.1, 0.15) is 17.0 Å². The Labute approximate surface area is 185 Å². The van der Waals surface area contributed by atoms with Crippen molar-refractivity contribution in [2.24, 2.45) is 0 Å². The molecule has 4 atom stereocenters. The predicted molar refractivity (Wildman–Crippen MR) is 118 cm³/mol. The molecule has 2 fully saturated rings. The summed E-state index contributed by atoms with van der Waals surface area (Å²) in [5.41, 5.74) is 0.330. The summed E-state index contributed by atoms with van der Waals surface area (Å²) in [7, 11) is 0. The third-order valence-electron chi connectivity index (χ3n) is 4.75. The van der Waals surface area contributed by atoms with Gasteiger partial charge in [0, 0.05) is 23.3 Å². The van der Waals surface area contributed by atoms with Crippen molar-refractivity contribution in [3.05, 3.63) is 34.3 Å². The number of ether oxygens (including phenoxy) is 2. The lowest BCUT2D eigenvalue weighted by Crippen LogP contribution is -2.55. The van der Waals surface area contributed by atoms with Gasteiger partial charge in [-0.2, -0.15) is 0 Å². The van der Waals surface area contributed by atoms with Gasteiger partial charge in [-0.25, -0.2) is 4.79 Å². The van der Waals surface area contributed by atoms with E-state index in [9.17, 15) is 9.59 Å². The lowest BCUT2D eigenvalue weighted by Gasteiger charge is -2.38. The second-order valence-corrected chi connectivity index (χ2v) is 10.7. The Balaban J connectivity index is 1.88. The van der Waals surface area contributed by atoms with Gasteiger partial charge in [0.25, 0.3) is 0 Å². The van der Waals surface area contributed by atoms with Crippen molar-refractivity contribution in [2.45, 2.75) is 63.8 Å². The van der Waals surface area contributed by atoms with Crippen molar-refractivity contribution >= 4 is 39.7 Å². The zero-order valence-corrected chi connectivity index (χ0v) is 20.0. The van der Waals surface area contributed by atoms with E-state index in [2.05, 4.69) is 15.9 Å². The van der Waals surface area contributed by atoms with Gasteiger partial charge < -0.3 is 14.4 Å².